The summed E-state index contributed by atoms with van der Waals surface area (Å²) >= 11 is 6.42. The SMILES string of the molecule is C[N+](=CC1CCN(C(=O)/C=C/C2CCCN2)C1)c1nc(OC[C@@]23CCCN2C[C@H](F)C3)nc2c(F)c(-c3cccc4ccc(F)c(Cl)c34)ncc12. The van der Waals surface area contributed by atoms with Crippen molar-refractivity contribution >= 4 is 51.2 Å². The molecule has 9 nitrogen and oxygen atoms in total. The predicted octanol–water partition coefficient (Wildman–Crippen LogP) is 6.23. The minimum absolute atomic E-state index is 0.0135. The lowest BCUT2D eigenvalue weighted by molar-refractivity contribution is -0.405. The largest absolute Gasteiger partial charge is 0.443 e. The molecule has 1 N–H and O–H groups in total. The molecule has 4 fully saturated rings. The summed E-state index contributed by atoms with van der Waals surface area (Å²) in [6.45, 7) is 3.48. The molecule has 2 aromatic carbocycles. The maximum Gasteiger partial charge on any atom is 0.434 e. The number of carbonyl (C=O) groups is 1. The van der Waals surface area contributed by atoms with Crippen LogP contribution in [0.15, 0.2) is 48.7 Å². The van der Waals surface area contributed by atoms with E-state index in [9.17, 15) is 13.6 Å². The first-order chi connectivity index (χ1) is 24.7. The standard InChI is InChI=1S/C38H40ClF3N7O2/c1-47(19-23-12-16-48(20-23)30(50)11-9-26-6-3-14-43-26)36-28-18-44-34(27-7-2-5-24-8-10-29(41)32(39)31(24)27)33(42)35(28)45-37(46-36)51-22-38-13-4-15-49(38)21-25(40)17-38/h2,5,7-11,18-19,23,25-26,43H,3-4,6,12-17,20-22H2,1H3/q+1/b11-9+,47-19?/t23?,25-,26?,38+/m1/s1. The Labute approximate surface area is 299 Å². The number of likely N-dealkylation sites (tertiary alicyclic amines) is 1. The van der Waals surface area contributed by atoms with E-state index in [1.54, 1.807) is 30.3 Å². The zero-order valence-corrected chi connectivity index (χ0v) is 29.2. The molecule has 0 radical (unpaired) electrons. The highest BCUT2D eigenvalue weighted by Gasteiger charge is 2.49. The van der Waals surface area contributed by atoms with Crippen LogP contribution in [0.3, 0.4) is 0 Å². The summed E-state index contributed by atoms with van der Waals surface area (Å²) in [5.74, 6) is -0.953. The Morgan fingerprint density at radius 2 is 2.04 bits per heavy atom. The number of benzene rings is 2. The van der Waals surface area contributed by atoms with Crippen molar-refractivity contribution in [2.45, 2.75) is 56.3 Å². The maximum atomic E-state index is 16.8. The first-order valence-corrected chi connectivity index (χ1v) is 18.1. The van der Waals surface area contributed by atoms with Crippen molar-refractivity contribution in [3.05, 3.63) is 65.3 Å². The fraction of sp³-hybridized carbons (Fsp3) is 0.447. The van der Waals surface area contributed by atoms with Gasteiger partial charge in [0.2, 0.25) is 5.91 Å². The molecule has 8 rings (SSSR count). The van der Waals surface area contributed by atoms with E-state index in [1.165, 1.54) is 12.3 Å². The van der Waals surface area contributed by atoms with Gasteiger partial charge in [0.1, 0.15) is 35.2 Å². The normalized spacial score (nSPS) is 25.5. The molecular formula is C38H40ClF3N7O2+. The lowest BCUT2D eigenvalue weighted by Crippen LogP contribution is -2.43. The Balaban J connectivity index is 1.15. The minimum atomic E-state index is -0.932. The van der Waals surface area contributed by atoms with Crippen LogP contribution in [0.5, 0.6) is 6.01 Å². The molecule has 51 heavy (non-hydrogen) atoms. The number of hydrogen-bond donors (Lipinski definition) is 1. The number of pyridine rings is 1. The van der Waals surface area contributed by atoms with Gasteiger partial charge in [-0.15, -0.1) is 0 Å². The van der Waals surface area contributed by atoms with Crippen LogP contribution in [0.25, 0.3) is 32.9 Å². The third-order valence-electron chi connectivity index (χ3n) is 10.9. The smallest absolute Gasteiger partial charge is 0.434 e. The number of alkyl halides is 1. The summed E-state index contributed by atoms with van der Waals surface area (Å²) in [5, 5.41) is 4.59. The number of halogens is 4. The van der Waals surface area contributed by atoms with Gasteiger partial charge in [0.15, 0.2) is 5.82 Å². The van der Waals surface area contributed by atoms with Gasteiger partial charge in [0.25, 0.3) is 0 Å². The number of fused-ring (bicyclic) bond motifs is 3. The summed E-state index contributed by atoms with van der Waals surface area (Å²) in [6.07, 6.45) is 11.2. The molecule has 4 aromatic rings. The number of amides is 1. The summed E-state index contributed by atoms with van der Waals surface area (Å²) in [7, 11) is 1.82. The Bertz CT molecular complexity index is 2070. The highest BCUT2D eigenvalue weighted by molar-refractivity contribution is 6.36. The van der Waals surface area contributed by atoms with Crippen molar-refractivity contribution < 1.29 is 27.3 Å². The molecule has 1 amide bonds. The Kier molecular flexibility index (Phi) is 9.18. The number of rotatable bonds is 8. The van der Waals surface area contributed by atoms with Gasteiger partial charge < -0.3 is 15.0 Å². The van der Waals surface area contributed by atoms with Crippen LogP contribution >= 0.6 is 11.6 Å². The van der Waals surface area contributed by atoms with E-state index in [0.29, 0.717) is 53.6 Å². The van der Waals surface area contributed by atoms with E-state index in [0.717, 1.165) is 45.2 Å². The number of carbonyl (C=O) groups excluding carboxylic acids is 1. The summed E-state index contributed by atoms with van der Waals surface area (Å²) in [5.41, 5.74) is -0.184. The van der Waals surface area contributed by atoms with E-state index < -0.39 is 23.3 Å². The molecule has 6 heterocycles. The van der Waals surface area contributed by atoms with Crippen LogP contribution in [0.1, 0.15) is 38.5 Å². The van der Waals surface area contributed by atoms with Gasteiger partial charge in [0.05, 0.1) is 23.8 Å². The number of ether oxygens (including phenoxy) is 1. The van der Waals surface area contributed by atoms with Crippen molar-refractivity contribution in [2.75, 3.05) is 46.4 Å². The first-order valence-electron chi connectivity index (χ1n) is 17.7. The van der Waals surface area contributed by atoms with Crippen LogP contribution in [0.2, 0.25) is 5.02 Å². The molecule has 4 saturated heterocycles. The van der Waals surface area contributed by atoms with Gasteiger partial charge >= 0.3 is 11.8 Å². The van der Waals surface area contributed by atoms with Crippen LogP contribution in [0, 0.1) is 17.6 Å². The summed E-state index contributed by atoms with van der Waals surface area (Å²) < 4.78 is 54.0. The highest BCUT2D eigenvalue weighted by atomic mass is 35.5. The van der Waals surface area contributed by atoms with E-state index in [2.05, 4.69) is 20.2 Å². The number of hydrogen-bond acceptors (Lipinski definition) is 7. The monoisotopic (exact) mass is 718 g/mol. The molecule has 4 aliphatic heterocycles. The maximum absolute atomic E-state index is 16.8. The zero-order chi connectivity index (χ0) is 35.3. The third kappa shape index (κ3) is 6.46. The molecular weight excluding hydrogens is 679 g/mol. The third-order valence-corrected chi connectivity index (χ3v) is 11.3. The van der Waals surface area contributed by atoms with E-state index >= 15 is 4.39 Å². The van der Waals surface area contributed by atoms with Gasteiger partial charge in [-0.25, -0.2) is 17.7 Å². The van der Waals surface area contributed by atoms with Gasteiger partial charge in [-0.05, 0) is 56.6 Å². The Morgan fingerprint density at radius 1 is 1.16 bits per heavy atom. The first kappa shape index (κ1) is 34.0. The zero-order valence-electron chi connectivity index (χ0n) is 28.4. The second-order valence-electron chi connectivity index (χ2n) is 14.3. The van der Waals surface area contributed by atoms with E-state index in [4.69, 9.17) is 21.3 Å². The molecule has 0 aliphatic carbocycles. The fourth-order valence-corrected chi connectivity index (χ4v) is 8.65. The lowest BCUT2D eigenvalue weighted by atomic mass is 9.95. The minimum Gasteiger partial charge on any atom is -0.443 e. The average Bonchev–Trinajstić information content (AvgIpc) is 3.94. The number of aromatic nitrogens is 3. The van der Waals surface area contributed by atoms with Crippen molar-refractivity contribution in [3.8, 4) is 17.3 Å². The van der Waals surface area contributed by atoms with Crippen molar-refractivity contribution in [1.82, 2.24) is 30.1 Å². The second-order valence-corrected chi connectivity index (χ2v) is 14.7. The summed E-state index contributed by atoms with van der Waals surface area (Å²) in [4.78, 5) is 30.8. The van der Waals surface area contributed by atoms with Gasteiger partial charge in [-0.3, -0.25) is 14.7 Å². The molecule has 2 unspecified atom stereocenters. The topological polar surface area (TPSA) is 86.5 Å². The van der Waals surface area contributed by atoms with Gasteiger partial charge in [0, 0.05) is 66.2 Å². The molecule has 2 aromatic heterocycles. The fourth-order valence-electron chi connectivity index (χ4n) is 8.37. The van der Waals surface area contributed by atoms with Crippen molar-refractivity contribution in [2.24, 2.45) is 5.92 Å². The van der Waals surface area contributed by atoms with Crippen LogP contribution < -0.4 is 10.1 Å². The van der Waals surface area contributed by atoms with E-state index in [-0.39, 0.29) is 46.7 Å². The van der Waals surface area contributed by atoms with Crippen LogP contribution in [0.4, 0.5) is 19.0 Å². The van der Waals surface area contributed by atoms with Crippen LogP contribution in [-0.2, 0) is 4.79 Å². The quantitative estimate of drug-likeness (QED) is 0.131. The lowest BCUT2D eigenvalue weighted by Gasteiger charge is -2.30. The molecule has 4 aliphatic rings. The highest BCUT2D eigenvalue weighted by Crippen LogP contribution is 2.41. The van der Waals surface area contributed by atoms with Crippen molar-refractivity contribution in [3.63, 3.8) is 0 Å². The average molecular weight is 719 g/mol. The van der Waals surface area contributed by atoms with E-state index in [1.807, 2.05) is 28.8 Å². The molecule has 266 valence electrons. The van der Waals surface area contributed by atoms with Crippen LogP contribution in [-0.4, -0.2) is 106 Å². The number of nitrogens with zero attached hydrogens (tertiary/aromatic N) is 6. The molecule has 0 spiro atoms. The second kappa shape index (κ2) is 13.8. The molecule has 13 heteroatoms. The van der Waals surface area contributed by atoms with Gasteiger partial charge in [-0.2, -0.15) is 4.98 Å². The van der Waals surface area contributed by atoms with Gasteiger partial charge in [-0.1, -0.05) is 41.9 Å². The van der Waals surface area contributed by atoms with Crippen molar-refractivity contribution in [1.29, 1.82) is 0 Å². The predicted molar refractivity (Wildman–Crippen MR) is 191 cm³/mol. The Morgan fingerprint density at radius 3 is 2.88 bits per heavy atom. The number of nitrogens with one attached hydrogen (secondary N) is 1. The summed E-state index contributed by atoms with van der Waals surface area (Å²) in [6, 6.07) is 8.24. The molecule has 0 saturated carbocycles. The Hall–Kier alpha value is -4.13. The molecule has 4 atom stereocenters. The molecule has 0 bridgehead atoms.